The third kappa shape index (κ3) is 4.70. The first-order chi connectivity index (χ1) is 21.0. The zero-order chi connectivity index (χ0) is 31.0. The lowest BCUT2D eigenvalue weighted by Crippen LogP contribution is -2.74. The Morgan fingerprint density at radius 1 is 1.23 bits per heavy atom. The van der Waals surface area contributed by atoms with E-state index in [2.05, 4.69) is 37.1 Å². The molecule has 0 aliphatic carbocycles. The largest absolute Gasteiger partial charge is 0.370 e. The summed E-state index contributed by atoms with van der Waals surface area (Å²) in [4.78, 5) is 24.5. The molecule has 12 heteroatoms. The van der Waals surface area contributed by atoms with Gasteiger partial charge in [-0.25, -0.2) is 13.9 Å². The number of thiazole rings is 1. The number of fused-ring (bicyclic) bond motifs is 1. The van der Waals surface area contributed by atoms with Gasteiger partial charge in [-0.05, 0) is 63.1 Å². The molecule has 7 rings (SSSR count). The molecular weight excluding hydrogens is 581 g/mol. The van der Waals surface area contributed by atoms with E-state index in [1.165, 1.54) is 23.5 Å². The van der Waals surface area contributed by atoms with Gasteiger partial charge in [-0.2, -0.15) is 10.4 Å². The molecule has 1 spiro atoms. The Bertz CT molecular complexity index is 1810. The fourth-order valence-corrected chi connectivity index (χ4v) is 7.50. The van der Waals surface area contributed by atoms with Crippen LogP contribution in [-0.2, 0) is 20.7 Å². The Balaban J connectivity index is 1.13. The monoisotopic (exact) mass is 615 g/mol. The Hall–Kier alpha value is -4.05. The first-order valence-corrected chi connectivity index (χ1v) is 15.6. The minimum Gasteiger partial charge on any atom is -0.370 e. The van der Waals surface area contributed by atoms with E-state index in [1.54, 1.807) is 12.1 Å². The average Bonchev–Trinajstić information content (AvgIpc) is 3.65. The predicted octanol–water partition coefficient (Wildman–Crippen LogP) is 4.91. The first-order valence-electron chi connectivity index (χ1n) is 14.8. The maximum Gasteiger partial charge on any atom is 0.254 e. The first kappa shape index (κ1) is 28.7. The summed E-state index contributed by atoms with van der Waals surface area (Å²) in [5.74, 6) is -1.04. The molecule has 1 aromatic carbocycles. The molecule has 3 aliphatic heterocycles. The summed E-state index contributed by atoms with van der Waals surface area (Å²) in [6.45, 7) is 11.3. The van der Waals surface area contributed by atoms with Crippen molar-refractivity contribution in [2.45, 2.75) is 46.0 Å². The van der Waals surface area contributed by atoms with Crippen LogP contribution in [0, 0.1) is 29.5 Å². The molecule has 0 N–H and O–H groups in total. The van der Waals surface area contributed by atoms with Gasteiger partial charge in [0.2, 0.25) is 0 Å². The van der Waals surface area contributed by atoms with Crippen molar-refractivity contribution in [1.82, 2.24) is 19.5 Å². The second-order valence-electron chi connectivity index (χ2n) is 12.5. The number of likely N-dealkylation sites (tertiary alicyclic amines) is 1. The number of hydrogen-bond donors (Lipinski definition) is 0. The van der Waals surface area contributed by atoms with Crippen molar-refractivity contribution in [2.75, 3.05) is 49.6 Å². The summed E-state index contributed by atoms with van der Waals surface area (Å²) in [6.07, 6.45) is 2.26. The molecule has 44 heavy (non-hydrogen) atoms. The van der Waals surface area contributed by atoms with Crippen molar-refractivity contribution in [3.63, 3.8) is 0 Å². The SMILES string of the molecule is CCc1nn2cc(C)c(N3CC4(CN(C(=O)C5COC(C)(C)O5)C4)C3)cc2c1N(C)c1nc(-c2ccc(F)cc2)c(C#N)s1. The minimum absolute atomic E-state index is 0.0145. The van der Waals surface area contributed by atoms with Crippen LogP contribution in [0.5, 0.6) is 0 Å². The number of ether oxygens (including phenoxy) is 2. The standard InChI is InChI=1S/C32H34FN7O3S/c1-6-22-28(37(5)30-35-27(26(12-34)44-30)20-7-9-21(33)10-8-20)24-11-23(19(2)13-40(24)36-22)38-15-32(16-38)17-39(18-32)29(41)25-14-42-31(3,4)43-25/h7-11,13,25H,6,14-18H2,1-5H3. The van der Waals surface area contributed by atoms with Gasteiger partial charge in [0.1, 0.15) is 22.5 Å². The number of anilines is 3. The van der Waals surface area contributed by atoms with Crippen LogP contribution in [0.4, 0.5) is 20.9 Å². The summed E-state index contributed by atoms with van der Waals surface area (Å²) in [5, 5.41) is 15.4. The Morgan fingerprint density at radius 3 is 2.59 bits per heavy atom. The van der Waals surface area contributed by atoms with Gasteiger partial charge in [-0.1, -0.05) is 18.3 Å². The van der Waals surface area contributed by atoms with Crippen LogP contribution >= 0.6 is 11.3 Å². The van der Waals surface area contributed by atoms with Crippen molar-refractivity contribution in [3.05, 3.63) is 58.5 Å². The van der Waals surface area contributed by atoms with E-state index in [0.717, 1.165) is 60.7 Å². The molecule has 0 bridgehead atoms. The number of amides is 1. The van der Waals surface area contributed by atoms with Crippen LogP contribution in [0.25, 0.3) is 16.8 Å². The lowest BCUT2D eigenvalue weighted by molar-refractivity contribution is -0.169. The topological polar surface area (TPSA) is 99.2 Å². The molecule has 3 fully saturated rings. The highest BCUT2D eigenvalue weighted by Crippen LogP contribution is 2.45. The van der Waals surface area contributed by atoms with Gasteiger partial charge in [0.15, 0.2) is 17.0 Å². The Morgan fingerprint density at radius 2 is 1.95 bits per heavy atom. The molecule has 228 valence electrons. The number of nitriles is 1. The summed E-state index contributed by atoms with van der Waals surface area (Å²) in [6, 6.07) is 10.5. The third-order valence-electron chi connectivity index (χ3n) is 8.82. The van der Waals surface area contributed by atoms with Crippen molar-refractivity contribution in [3.8, 4) is 17.3 Å². The molecular formula is C32H34FN7O3S. The normalized spacial score (nSPS) is 20.1. The Labute approximate surface area is 259 Å². The molecule has 6 heterocycles. The number of benzene rings is 1. The summed E-state index contributed by atoms with van der Waals surface area (Å²) in [5.41, 5.74) is 6.42. The molecule has 3 aliphatic rings. The van der Waals surface area contributed by atoms with Crippen molar-refractivity contribution in [1.29, 1.82) is 5.26 Å². The zero-order valence-corrected chi connectivity index (χ0v) is 26.2. The third-order valence-corrected chi connectivity index (χ3v) is 9.85. The van der Waals surface area contributed by atoms with E-state index < -0.39 is 11.9 Å². The maximum atomic E-state index is 13.6. The van der Waals surface area contributed by atoms with Gasteiger partial charge in [0.05, 0.1) is 23.5 Å². The summed E-state index contributed by atoms with van der Waals surface area (Å²) >= 11 is 1.31. The molecule has 3 saturated heterocycles. The number of hydrogen-bond acceptors (Lipinski definition) is 9. The lowest BCUT2D eigenvalue weighted by Gasteiger charge is -2.61. The molecule has 1 atom stereocenters. The predicted molar refractivity (Wildman–Crippen MR) is 166 cm³/mol. The van der Waals surface area contributed by atoms with Crippen LogP contribution < -0.4 is 9.80 Å². The number of carbonyl (C=O) groups is 1. The van der Waals surface area contributed by atoms with Crippen LogP contribution in [0.3, 0.4) is 0 Å². The van der Waals surface area contributed by atoms with E-state index in [-0.39, 0.29) is 17.1 Å². The van der Waals surface area contributed by atoms with Crippen LogP contribution in [0.2, 0.25) is 0 Å². The minimum atomic E-state index is -0.715. The maximum absolute atomic E-state index is 13.6. The smallest absolute Gasteiger partial charge is 0.254 e. The Kier molecular flexibility index (Phi) is 6.69. The number of carbonyl (C=O) groups excluding carboxylic acids is 1. The number of halogens is 1. The molecule has 4 aromatic rings. The van der Waals surface area contributed by atoms with E-state index >= 15 is 0 Å². The van der Waals surface area contributed by atoms with Gasteiger partial charge in [0.25, 0.3) is 5.91 Å². The van der Waals surface area contributed by atoms with Crippen molar-refractivity contribution >= 4 is 39.3 Å². The fourth-order valence-electron chi connectivity index (χ4n) is 6.65. The molecule has 10 nitrogen and oxygen atoms in total. The van der Waals surface area contributed by atoms with E-state index in [9.17, 15) is 14.4 Å². The number of rotatable bonds is 6. The van der Waals surface area contributed by atoms with Gasteiger partial charge >= 0.3 is 0 Å². The summed E-state index contributed by atoms with van der Waals surface area (Å²) in [7, 11) is 1.95. The molecule has 0 radical (unpaired) electrons. The highest BCUT2D eigenvalue weighted by atomic mass is 32.1. The van der Waals surface area contributed by atoms with E-state index in [0.29, 0.717) is 27.9 Å². The highest BCUT2D eigenvalue weighted by Gasteiger charge is 2.55. The second kappa shape index (κ2) is 10.3. The van der Waals surface area contributed by atoms with E-state index in [4.69, 9.17) is 19.6 Å². The van der Waals surface area contributed by atoms with Gasteiger partial charge in [-0.15, -0.1) is 0 Å². The lowest BCUT2D eigenvalue weighted by atomic mass is 9.72. The summed E-state index contributed by atoms with van der Waals surface area (Å²) < 4.78 is 26.8. The fraction of sp³-hybridized carbons (Fsp3) is 0.438. The average molecular weight is 616 g/mol. The van der Waals surface area contributed by atoms with Gasteiger partial charge in [-0.3, -0.25) is 4.79 Å². The number of aromatic nitrogens is 3. The second-order valence-corrected chi connectivity index (χ2v) is 13.5. The number of nitrogens with zero attached hydrogens (tertiary/aromatic N) is 7. The number of pyridine rings is 1. The quantitative estimate of drug-likeness (QED) is 0.302. The molecule has 3 aromatic heterocycles. The highest BCUT2D eigenvalue weighted by molar-refractivity contribution is 7.16. The van der Waals surface area contributed by atoms with Crippen LogP contribution in [0.1, 0.15) is 36.9 Å². The van der Waals surface area contributed by atoms with Crippen LogP contribution in [-0.4, -0.2) is 77.1 Å². The molecule has 1 amide bonds. The van der Waals surface area contributed by atoms with Crippen molar-refractivity contribution < 1.29 is 18.7 Å². The zero-order valence-electron chi connectivity index (χ0n) is 25.4. The number of aryl methyl sites for hydroxylation is 2. The van der Waals surface area contributed by atoms with Crippen LogP contribution in [0.15, 0.2) is 36.5 Å². The van der Waals surface area contributed by atoms with E-state index in [1.807, 2.05) is 35.2 Å². The van der Waals surface area contributed by atoms with Gasteiger partial charge in [0, 0.05) is 56.1 Å². The molecule has 1 unspecified atom stereocenters. The van der Waals surface area contributed by atoms with Crippen molar-refractivity contribution in [2.24, 2.45) is 5.41 Å². The molecule has 0 saturated carbocycles. The van der Waals surface area contributed by atoms with Gasteiger partial charge < -0.3 is 24.2 Å².